The van der Waals surface area contributed by atoms with Gasteiger partial charge in [0.25, 0.3) is 30.1 Å². The highest BCUT2D eigenvalue weighted by atomic mass is 32.2. The number of hydrogen-bond donors (Lipinski definition) is 6. The van der Waals surface area contributed by atoms with Gasteiger partial charge in [-0.3, -0.25) is 14.2 Å². The molecule has 6 rings (SSSR count). The Morgan fingerprint density at radius 2 is 0.627 bits per heavy atom. The summed E-state index contributed by atoms with van der Waals surface area (Å²) < 4.78 is 78.5. The average Bonchev–Trinajstić information content (AvgIpc) is 3.78. The molecule has 3 aromatic carbocycles. The molecule has 0 amide bonds. The van der Waals surface area contributed by atoms with Gasteiger partial charge < -0.3 is 17.2 Å². The molecule has 0 aliphatic rings. The Labute approximate surface area is 305 Å². The summed E-state index contributed by atoms with van der Waals surface area (Å²) in [5.74, 6) is 0. The van der Waals surface area contributed by atoms with Crippen molar-refractivity contribution >= 4 is 96.5 Å². The van der Waals surface area contributed by atoms with E-state index < -0.39 is 30.1 Å². The van der Waals surface area contributed by atoms with Crippen molar-refractivity contribution in [1.82, 2.24) is 30.6 Å². The van der Waals surface area contributed by atoms with E-state index in [4.69, 9.17) is 17.2 Å². The highest BCUT2D eigenvalue weighted by Crippen LogP contribution is 2.22. The second-order valence-electron chi connectivity index (χ2n) is 9.90. The second kappa shape index (κ2) is 16.3. The quantitative estimate of drug-likeness (QED) is 0.114. The molecule has 9 N–H and O–H groups in total. The fourth-order valence-corrected chi connectivity index (χ4v) is 8.94. The van der Waals surface area contributed by atoms with E-state index in [0.717, 1.165) is 0 Å². The molecular weight excluding hydrogens is 781 g/mol. The Morgan fingerprint density at radius 1 is 0.412 bits per heavy atom. The third kappa shape index (κ3) is 11.5. The standard InChI is InChI=1S/3C9H10N4O2S2/c3*1-6-11-12-9(16-6)13-17(14,15)8-4-2-7(10)3-5-8/h3*2-5H,10H2,1H3,(H,12,13). The summed E-state index contributed by atoms with van der Waals surface area (Å²) in [7, 11) is -10.8. The topological polar surface area (TPSA) is 294 Å². The van der Waals surface area contributed by atoms with E-state index >= 15 is 0 Å². The molecule has 0 aliphatic heterocycles. The summed E-state index contributed by atoms with van der Waals surface area (Å²) in [5, 5.41) is 25.1. The van der Waals surface area contributed by atoms with Crippen LogP contribution < -0.4 is 31.4 Å². The monoisotopic (exact) mass is 810 g/mol. The van der Waals surface area contributed by atoms with Gasteiger partial charge in [0.15, 0.2) is 0 Å². The number of nitrogens with two attached hydrogens (primary N) is 3. The molecule has 18 nitrogen and oxygen atoms in total. The van der Waals surface area contributed by atoms with Crippen molar-refractivity contribution in [3.05, 3.63) is 87.8 Å². The van der Waals surface area contributed by atoms with Gasteiger partial charge in [0.05, 0.1) is 14.7 Å². The molecule has 0 bridgehead atoms. The summed E-state index contributed by atoms with van der Waals surface area (Å²) in [6.07, 6.45) is 0. The lowest BCUT2D eigenvalue weighted by Crippen LogP contribution is -2.12. The van der Waals surface area contributed by atoms with E-state index in [-0.39, 0.29) is 30.1 Å². The van der Waals surface area contributed by atoms with Crippen molar-refractivity contribution in [2.45, 2.75) is 35.5 Å². The first-order valence-electron chi connectivity index (χ1n) is 14.0. The highest BCUT2D eigenvalue weighted by molar-refractivity contribution is 7.93. The van der Waals surface area contributed by atoms with Crippen molar-refractivity contribution in [2.75, 3.05) is 31.4 Å². The zero-order valence-corrected chi connectivity index (χ0v) is 31.6. The summed E-state index contributed by atoms with van der Waals surface area (Å²) in [4.78, 5) is 0.415. The predicted molar refractivity (Wildman–Crippen MR) is 199 cm³/mol. The van der Waals surface area contributed by atoms with Crippen molar-refractivity contribution in [1.29, 1.82) is 0 Å². The predicted octanol–water partition coefficient (Wildman–Crippen LogP) is 3.69. The molecule has 24 heteroatoms. The normalized spacial score (nSPS) is 11.4. The molecule has 0 atom stereocenters. The number of nitrogens with one attached hydrogen (secondary N) is 3. The molecule has 3 aromatic heterocycles. The lowest BCUT2D eigenvalue weighted by molar-refractivity contribution is 0.599. The Morgan fingerprint density at radius 3 is 0.804 bits per heavy atom. The lowest BCUT2D eigenvalue weighted by atomic mass is 10.3. The number of sulfonamides is 3. The Hall–Kier alpha value is -5.01. The van der Waals surface area contributed by atoms with Crippen molar-refractivity contribution < 1.29 is 25.3 Å². The van der Waals surface area contributed by atoms with E-state index in [1.54, 1.807) is 20.8 Å². The van der Waals surface area contributed by atoms with Crippen LogP contribution in [0.25, 0.3) is 0 Å². The number of benzene rings is 3. The number of aryl methyl sites for hydroxylation is 3. The Balaban J connectivity index is 0.000000172. The van der Waals surface area contributed by atoms with E-state index in [9.17, 15) is 25.3 Å². The zero-order chi connectivity index (χ0) is 37.4. The fraction of sp³-hybridized carbons (Fsp3) is 0.111. The van der Waals surface area contributed by atoms with Crippen LogP contribution in [0, 0.1) is 20.8 Å². The van der Waals surface area contributed by atoms with Crippen LogP contribution in [0.4, 0.5) is 32.5 Å². The van der Waals surface area contributed by atoms with E-state index in [0.29, 0.717) is 32.1 Å². The minimum Gasteiger partial charge on any atom is -0.399 e. The van der Waals surface area contributed by atoms with Crippen LogP contribution in [0.2, 0.25) is 0 Å². The molecule has 0 saturated heterocycles. The summed E-state index contributed by atoms with van der Waals surface area (Å²) in [5.41, 5.74) is 18.0. The van der Waals surface area contributed by atoms with Gasteiger partial charge in [0.1, 0.15) is 15.0 Å². The van der Waals surface area contributed by atoms with Crippen LogP contribution >= 0.6 is 34.0 Å². The van der Waals surface area contributed by atoms with Crippen LogP contribution in [0.5, 0.6) is 0 Å². The minimum absolute atomic E-state index is 0.138. The number of anilines is 6. The number of aromatic nitrogens is 6. The Bertz CT molecular complexity index is 2130. The lowest BCUT2D eigenvalue weighted by Gasteiger charge is -2.04. The fourth-order valence-electron chi connectivity index (χ4n) is 3.48. The molecule has 0 fully saturated rings. The van der Waals surface area contributed by atoms with Crippen molar-refractivity contribution in [3.63, 3.8) is 0 Å². The molecule has 0 saturated carbocycles. The molecule has 51 heavy (non-hydrogen) atoms. The third-order valence-electron chi connectivity index (χ3n) is 5.81. The number of nitrogen functional groups attached to an aromatic ring is 3. The third-order valence-corrected chi connectivity index (χ3v) is 12.5. The van der Waals surface area contributed by atoms with Gasteiger partial charge in [-0.2, -0.15) is 0 Å². The van der Waals surface area contributed by atoms with Crippen LogP contribution in [0.15, 0.2) is 87.5 Å². The smallest absolute Gasteiger partial charge is 0.263 e. The zero-order valence-electron chi connectivity index (χ0n) is 26.7. The van der Waals surface area contributed by atoms with Crippen molar-refractivity contribution in [2.24, 2.45) is 0 Å². The average molecular weight is 811 g/mol. The SMILES string of the molecule is Cc1nnc(NS(=O)(=O)c2ccc(N)cc2)s1.Cc1nnc(NS(=O)(=O)c2ccc(N)cc2)s1.Cc1nnc(NS(=O)(=O)c2ccc(N)cc2)s1. The van der Waals surface area contributed by atoms with Gasteiger partial charge in [-0.05, 0) is 93.6 Å². The molecule has 0 aliphatic carbocycles. The molecule has 0 radical (unpaired) electrons. The highest BCUT2D eigenvalue weighted by Gasteiger charge is 2.18. The summed E-state index contributed by atoms with van der Waals surface area (Å²) >= 11 is 3.53. The van der Waals surface area contributed by atoms with Crippen LogP contribution in [-0.4, -0.2) is 55.8 Å². The van der Waals surface area contributed by atoms with Gasteiger partial charge in [0.2, 0.25) is 15.4 Å². The second-order valence-corrected chi connectivity index (χ2v) is 18.5. The van der Waals surface area contributed by atoms with Crippen molar-refractivity contribution in [3.8, 4) is 0 Å². The maximum absolute atomic E-state index is 11.9. The molecular formula is C27H30N12O6S6. The number of rotatable bonds is 9. The summed E-state index contributed by atoms with van der Waals surface area (Å²) in [6, 6.07) is 17.8. The molecule has 0 spiro atoms. The van der Waals surface area contributed by atoms with Crippen LogP contribution in [0.1, 0.15) is 15.0 Å². The minimum atomic E-state index is -3.61. The van der Waals surface area contributed by atoms with Gasteiger partial charge in [-0.15, -0.1) is 30.6 Å². The van der Waals surface area contributed by atoms with E-state index in [1.165, 1.54) is 107 Å². The first kappa shape index (κ1) is 38.8. The maximum Gasteiger partial charge on any atom is 0.263 e. The number of nitrogens with zero attached hydrogens (tertiary/aromatic N) is 6. The van der Waals surface area contributed by atoms with Crippen LogP contribution in [-0.2, 0) is 30.1 Å². The Kier molecular flexibility index (Phi) is 12.4. The van der Waals surface area contributed by atoms with Gasteiger partial charge >= 0.3 is 0 Å². The van der Waals surface area contributed by atoms with E-state index in [1.807, 2.05) is 0 Å². The van der Waals surface area contributed by atoms with Crippen LogP contribution in [0.3, 0.4) is 0 Å². The summed E-state index contributed by atoms with van der Waals surface area (Å²) in [6.45, 7) is 5.25. The maximum atomic E-state index is 11.9. The van der Waals surface area contributed by atoms with Gasteiger partial charge in [0, 0.05) is 17.1 Å². The van der Waals surface area contributed by atoms with Gasteiger partial charge in [-0.1, -0.05) is 34.0 Å². The molecule has 270 valence electrons. The molecule has 0 unspecified atom stereocenters. The van der Waals surface area contributed by atoms with E-state index in [2.05, 4.69) is 44.8 Å². The molecule has 6 aromatic rings. The first-order chi connectivity index (χ1) is 23.9. The first-order valence-corrected chi connectivity index (χ1v) is 20.9. The molecule has 3 heterocycles. The number of hydrogen-bond acceptors (Lipinski definition) is 18. The largest absolute Gasteiger partial charge is 0.399 e. The van der Waals surface area contributed by atoms with Gasteiger partial charge in [-0.25, -0.2) is 25.3 Å².